The summed E-state index contributed by atoms with van der Waals surface area (Å²) in [6, 6.07) is 17.0. The number of fused-ring (bicyclic) bond motifs is 1. The minimum atomic E-state index is -0.919. The number of rotatable bonds is 5. The van der Waals surface area contributed by atoms with Crippen molar-refractivity contribution < 1.29 is 4.39 Å². The normalized spacial score (nSPS) is 17.2. The van der Waals surface area contributed by atoms with Crippen molar-refractivity contribution in [3.05, 3.63) is 77.5 Å². The highest BCUT2D eigenvalue weighted by Gasteiger charge is 2.28. The molecule has 1 saturated heterocycles. The number of aromatic nitrogens is 7. The minimum Gasteiger partial charge on any atom is -0.339 e. The van der Waals surface area contributed by atoms with E-state index in [4.69, 9.17) is 4.98 Å². The Morgan fingerprint density at radius 1 is 1.11 bits per heavy atom. The largest absolute Gasteiger partial charge is 0.339 e. The van der Waals surface area contributed by atoms with Crippen LogP contribution in [0.1, 0.15) is 35.1 Å². The van der Waals surface area contributed by atoms with Crippen molar-refractivity contribution in [2.24, 2.45) is 0 Å². The van der Waals surface area contributed by atoms with E-state index in [1.807, 2.05) is 60.9 Å². The van der Waals surface area contributed by atoms with Crippen LogP contribution in [0.3, 0.4) is 0 Å². The summed E-state index contributed by atoms with van der Waals surface area (Å²) in [5, 5.41) is 28.5. The third-order valence-electron chi connectivity index (χ3n) is 6.41. The number of imidazole rings is 1. The molecule has 5 heterocycles. The molecule has 2 atom stereocenters. The van der Waals surface area contributed by atoms with E-state index in [0.29, 0.717) is 36.1 Å². The quantitative estimate of drug-likeness (QED) is 0.376. The molecule has 1 aliphatic heterocycles. The van der Waals surface area contributed by atoms with E-state index in [2.05, 4.69) is 37.0 Å². The Labute approximate surface area is 211 Å². The first-order valence-electron chi connectivity index (χ1n) is 11.9. The van der Waals surface area contributed by atoms with Crippen LogP contribution < -0.4 is 10.6 Å². The molecule has 2 N–H and O–H groups in total. The van der Waals surface area contributed by atoms with Gasteiger partial charge in [0.25, 0.3) is 0 Å². The van der Waals surface area contributed by atoms with Crippen LogP contribution in [-0.4, -0.2) is 47.2 Å². The Morgan fingerprint density at radius 2 is 2.00 bits per heavy atom. The Morgan fingerprint density at radius 3 is 2.73 bits per heavy atom. The highest BCUT2D eigenvalue weighted by molar-refractivity contribution is 5.82. The van der Waals surface area contributed by atoms with Gasteiger partial charge in [-0.1, -0.05) is 0 Å². The third kappa shape index (κ3) is 4.28. The molecular formula is C26H23FN10. The Balaban J connectivity index is 1.40. The number of pyridine rings is 1. The third-order valence-corrected chi connectivity index (χ3v) is 6.41. The van der Waals surface area contributed by atoms with Crippen LogP contribution in [0.15, 0.2) is 54.9 Å². The highest BCUT2D eigenvalue weighted by atomic mass is 19.1. The first-order valence-corrected chi connectivity index (χ1v) is 11.9. The molecule has 0 aliphatic carbocycles. The molecule has 0 spiro atoms. The van der Waals surface area contributed by atoms with Crippen LogP contribution >= 0.6 is 0 Å². The molecule has 10 nitrogen and oxygen atoms in total. The maximum absolute atomic E-state index is 14.0. The fourth-order valence-corrected chi connectivity index (χ4v) is 4.58. The number of hydrogen-bond acceptors (Lipinski definition) is 8. The summed E-state index contributed by atoms with van der Waals surface area (Å²) < 4.78 is 17.6. The number of anilines is 2. The fourth-order valence-electron chi connectivity index (χ4n) is 4.58. The molecule has 37 heavy (non-hydrogen) atoms. The van der Waals surface area contributed by atoms with Gasteiger partial charge in [0.1, 0.15) is 24.4 Å². The molecule has 0 bridgehead atoms. The van der Waals surface area contributed by atoms with Crippen LogP contribution in [0.5, 0.6) is 0 Å². The Hall–Kier alpha value is -4.69. The minimum absolute atomic E-state index is 0.196. The number of alkyl halides is 1. The molecular weight excluding hydrogens is 471 g/mol. The number of aryl methyl sites for hydroxylation is 2. The van der Waals surface area contributed by atoms with E-state index in [0.717, 1.165) is 33.7 Å². The summed E-state index contributed by atoms with van der Waals surface area (Å²) in [7, 11) is 0. The molecule has 1 aliphatic rings. The Bertz CT molecular complexity index is 1650. The lowest BCUT2D eigenvalue weighted by Crippen LogP contribution is -2.18. The van der Waals surface area contributed by atoms with E-state index in [1.54, 1.807) is 17.1 Å². The molecule has 0 saturated carbocycles. The number of benzene rings is 1. The predicted octanol–water partition coefficient (Wildman–Crippen LogP) is 4.00. The van der Waals surface area contributed by atoms with E-state index < -0.39 is 6.17 Å². The zero-order chi connectivity index (χ0) is 25.5. The molecule has 6 rings (SSSR count). The lowest BCUT2D eigenvalue weighted by Gasteiger charge is -2.17. The lowest BCUT2D eigenvalue weighted by molar-refractivity contribution is 0.356. The smallest absolute Gasteiger partial charge is 0.163 e. The standard InChI is InChI=1S/C26H23FN10/c1-15-3-7-24(34-33-15)31-18-4-6-23-22(11-18)30-14-36(23)25-8-5-20(21-10-17(27)13-29-21)26(32-25)37-16(2)9-19(12-28)35-37/h3-9,11,14,17,21,29H,10,13H2,1-2H3,(H,31,34)/t17-,21-/m0/s1. The van der Waals surface area contributed by atoms with Gasteiger partial charge >= 0.3 is 0 Å². The molecule has 1 fully saturated rings. The number of nitriles is 1. The maximum atomic E-state index is 14.0. The van der Waals surface area contributed by atoms with Gasteiger partial charge in [0.15, 0.2) is 17.3 Å². The summed E-state index contributed by atoms with van der Waals surface area (Å²) in [5.41, 5.74) is 5.22. The van der Waals surface area contributed by atoms with Gasteiger partial charge in [-0.25, -0.2) is 19.0 Å². The van der Waals surface area contributed by atoms with Gasteiger partial charge < -0.3 is 10.6 Å². The predicted molar refractivity (Wildman–Crippen MR) is 136 cm³/mol. The second-order valence-corrected chi connectivity index (χ2v) is 9.07. The number of nitrogens with one attached hydrogen (secondary N) is 2. The van der Waals surface area contributed by atoms with Gasteiger partial charge in [-0.3, -0.25) is 4.57 Å². The SMILES string of the molecule is Cc1ccc(Nc2ccc3c(c2)ncn3-c2ccc([C@@H]3C[C@H](F)CN3)c(-n3nc(C#N)cc3C)n2)nn1. The van der Waals surface area contributed by atoms with Crippen molar-refractivity contribution in [2.45, 2.75) is 32.5 Å². The summed E-state index contributed by atoms with van der Waals surface area (Å²) >= 11 is 0. The van der Waals surface area contributed by atoms with Gasteiger partial charge in [0.05, 0.1) is 16.7 Å². The van der Waals surface area contributed by atoms with E-state index in [9.17, 15) is 9.65 Å². The van der Waals surface area contributed by atoms with Gasteiger partial charge in [-0.05, 0) is 68.8 Å². The molecule has 0 amide bonds. The van der Waals surface area contributed by atoms with Crippen LogP contribution in [0.4, 0.5) is 15.9 Å². The average molecular weight is 495 g/mol. The zero-order valence-electron chi connectivity index (χ0n) is 20.2. The topological polar surface area (TPSA) is 122 Å². The van der Waals surface area contributed by atoms with E-state index in [1.165, 1.54) is 0 Å². The number of halogens is 1. The van der Waals surface area contributed by atoms with Gasteiger partial charge in [0, 0.05) is 29.5 Å². The second-order valence-electron chi connectivity index (χ2n) is 9.07. The zero-order valence-corrected chi connectivity index (χ0v) is 20.2. The van der Waals surface area contributed by atoms with Crippen molar-refractivity contribution >= 4 is 22.5 Å². The molecule has 4 aromatic heterocycles. The van der Waals surface area contributed by atoms with Crippen molar-refractivity contribution in [2.75, 3.05) is 11.9 Å². The van der Waals surface area contributed by atoms with Crippen LogP contribution in [-0.2, 0) is 0 Å². The molecule has 5 aromatic rings. The monoisotopic (exact) mass is 494 g/mol. The van der Waals surface area contributed by atoms with Crippen molar-refractivity contribution in [3.8, 4) is 17.7 Å². The number of hydrogen-bond donors (Lipinski definition) is 2. The Kier molecular flexibility index (Phi) is 5.58. The average Bonchev–Trinajstić information content (AvgIpc) is 3.63. The highest BCUT2D eigenvalue weighted by Crippen LogP contribution is 2.31. The molecule has 11 heteroatoms. The van der Waals surface area contributed by atoms with Gasteiger partial charge in [-0.15, -0.1) is 5.10 Å². The fraction of sp³-hybridized carbons (Fsp3) is 0.231. The van der Waals surface area contributed by atoms with Crippen LogP contribution in [0.2, 0.25) is 0 Å². The van der Waals surface area contributed by atoms with Gasteiger partial charge in [-0.2, -0.15) is 15.5 Å². The van der Waals surface area contributed by atoms with Gasteiger partial charge in [0.2, 0.25) is 0 Å². The van der Waals surface area contributed by atoms with Crippen molar-refractivity contribution in [1.29, 1.82) is 5.26 Å². The summed E-state index contributed by atoms with van der Waals surface area (Å²) in [6.07, 6.45) is 1.15. The first kappa shape index (κ1) is 22.8. The molecule has 1 aromatic carbocycles. The summed E-state index contributed by atoms with van der Waals surface area (Å²) in [5.74, 6) is 1.84. The summed E-state index contributed by atoms with van der Waals surface area (Å²) in [6.45, 7) is 4.05. The van der Waals surface area contributed by atoms with Crippen molar-refractivity contribution in [1.82, 2.24) is 39.8 Å². The summed E-state index contributed by atoms with van der Waals surface area (Å²) in [4.78, 5) is 9.51. The molecule has 184 valence electrons. The van der Waals surface area contributed by atoms with Crippen LogP contribution in [0.25, 0.3) is 22.7 Å². The first-order chi connectivity index (χ1) is 18.0. The number of nitrogens with zero attached hydrogens (tertiary/aromatic N) is 8. The lowest BCUT2D eigenvalue weighted by atomic mass is 10.1. The van der Waals surface area contributed by atoms with Crippen molar-refractivity contribution in [3.63, 3.8) is 0 Å². The molecule has 0 unspecified atom stereocenters. The maximum Gasteiger partial charge on any atom is 0.163 e. The second kappa shape index (κ2) is 9.07. The van der Waals surface area contributed by atoms with E-state index in [-0.39, 0.29) is 6.04 Å². The van der Waals surface area contributed by atoms with E-state index >= 15 is 0 Å². The van der Waals surface area contributed by atoms with Crippen LogP contribution in [0, 0.1) is 25.2 Å². The molecule has 0 radical (unpaired) electrons.